The van der Waals surface area contributed by atoms with Crippen molar-refractivity contribution in [1.29, 1.82) is 0 Å². The molecule has 0 aromatic heterocycles. The third-order valence-electron chi connectivity index (χ3n) is 3.92. The number of hydrogen-bond donors (Lipinski definition) is 2. The van der Waals surface area contributed by atoms with E-state index in [-0.39, 0.29) is 11.1 Å². The topological polar surface area (TPSA) is 53.6 Å². The van der Waals surface area contributed by atoms with E-state index < -0.39 is 5.82 Å². The third-order valence-corrected chi connectivity index (χ3v) is 4.24. The van der Waals surface area contributed by atoms with Crippen LogP contribution in [0.1, 0.15) is 12.8 Å². The van der Waals surface area contributed by atoms with E-state index in [0.717, 1.165) is 39.1 Å². The lowest BCUT2D eigenvalue weighted by Gasteiger charge is -2.16. The molecule has 2 N–H and O–H groups in total. The fraction of sp³-hybridized carbons (Fsp3) is 0.562. The van der Waals surface area contributed by atoms with Gasteiger partial charge in [-0.15, -0.1) is 0 Å². The van der Waals surface area contributed by atoms with Crippen LogP contribution in [0.15, 0.2) is 18.2 Å². The first-order chi connectivity index (χ1) is 11.1. The van der Waals surface area contributed by atoms with Gasteiger partial charge in [-0.2, -0.15) is 0 Å². The van der Waals surface area contributed by atoms with Crippen molar-refractivity contribution >= 4 is 23.3 Å². The largest absolute Gasteiger partial charge is 0.385 e. The lowest BCUT2D eigenvalue weighted by molar-refractivity contribution is 0.178. The van der Waals surface area contributed by atoms with Crippen LogP contribution in [0.2, 0.25) is 5.02 Å². The van der Waals surface area contributed by atoms with Gasteiger partial charge in [0.25, 0.3) is 0 Å². The number of urea groups is 1. The number of halogens is 2. The van der Waals surface area contributed by atoms with Crippen LogP contribution >= 0.6 is 11.6 Å². The normalized spacial score (nSPS) is 18.1. The Bertz CT molecular complexity index is 530. The van der Waals surface area contributed by atoms with Crippen LogP contribution in [0.5, 0.6) is 0 Å². The molecular formula is C16H23ClFN3O2. The van der Waals surface area contributed by atoms with Crippen LogP contribution in [0.25, 0.3) is 0 Å². The van der Waals surface area contributed by atoms with Gasteiger partial charge >= 0.3 is 6.03 Å². The summed E-state index contributed by atoms with van der Waals surface area (Å²) in [6, 6.07) is 3.56. The van der Waals surface area contributed by atoms with E-state index in [4.69, 9.17) is 16.3 Å². The zero-order chi connectivity index (χ0) is 16.7. The molecular weight excluding hydrogens is 321 g/mol. The zero-order valence-electron chi connectivity index (χ0n) is 13.3. The molecule has 1 fully saturated rings. The molecule has 0 spiro atoms. The number of benzene rings is 1. The highest BCUT2D eigenvalue weighted by Gasteiger charge is 2.22. The quantitative estimate of drug-likeness (QED) is 0.748. The summed E-state index contributed by atoms with van der Waals surface area (Å²) < 4.78 is 18.0. The summed E-state index contributed by atoms with van der Waals surface area (Å²) in [6.45, 7) is 4.47. The molecule has 0 bridgehead atoms. The number of likely N-dealkylation sites (tertiary alicyclic amines) is 1. The molecule has 0 radical (unpaired) electrons. The minimum Gasteiger partial charge on any atom is -0.385 e. The summed E-state index contributed by atoms with van der Waals surface area (Å²) >= 11 is 5.88. The lowest BCUT2D eigenvalue weighted by Crippen LogP contribution is -2.34. The monoisotopic (exact) mass is 343 g/mol. The number of nitrogens with one attached hydrogen (secondary N) is 2. The number of rotatable bonds is 7. The number of carbonyl (C=O) groups is 1. The van der Waals surface area contributed by atoms with Gasteiger partial charge in [0.15, 0.2) is 0 Å². The predicted octanol–water partition coefficient (Wildman–Crippen LogP) is 2.96. The van der Waals surface area contributed by atoms with Crippen molar-refractivity contribution < 1.29 is 13.9 Å². The molecule has 1 heterocycles. The Balaban J connectivity index is 1.69. The van der Waals surface area contributed by atoms with Gasteiger partial charge in [-0.05, 0) is 43.5 Å². The van der Waals surface area contributed by atoms with E-state index >= 15 is 0 Å². The minimum atomic E-state index is -0.430. The fourth-order valence-corrected chi connectivity index (χ4v) is 2.92. The summed E-state index contributed by atoms with van der Waals surface area (Å²) in [5.74, 6) is 0.0208. The highest BCUT2D eigenvalue weighted by molar-refractivity contribution is 6.33. The van der Waals surface area contributed by atoms with Crippen molar-refractivity contribution in [1.82, 2.24) is 10.2 Å². The molecule has 0 aliphatic carbocycles. The first-order valence-corrected chi connectivity index (χ1v) is 8.17. The van der Waals surface area contributed by atoms with Crippen molar-refractivity contribution in [2.24, 2.45) is 5.92 Å². The van der Waals surface area contributed by atoms with E-state index in [2.05, 4.69) is 15.5 Å². The number of anilines is 1. The summed E-state index contributed by atoms with van der Waals surface area (Å²) in [5, 5.41) is 5.67. The highest BCUT2D eigenvalue weighted by Crippen LogP contribution is 2.22. The molecule has 0 saturated carbocycles. The van der Waals surface area contributed by atoms with Gasteiger partial charge in [-0.3, -0.25) is 0 Å². The number of hydrogen-bond acceptors (Lipinski definition) is 3. The maximum absolute atomic E-state index is 13.0. The second-order valence-corrected chi connectivity index (χ2v) is 6.17. The molecule has 1 saturated heterocycles. The standard InChI is InChI=1S/C16H23ClFN3O2/c1-23-8-2-6-21-7-5-12(11-21)10-19-16(22)20-15-4-3-13(18)9-14(15)17/h3-4,9,12H,2,5-8,10-11H2,1H3,(H2,19,20,22). The first kappa shape index (κ1) is 18.0. The lowest BCUT2D eigenvalue weighted by atomic mass is 10.1. The Morgan fingerprint density at radius 2 is 2.35 bits per heavy atom. The Morgan fingerprint density at radius 3 is 3.09 bits per heavy atom. The van der Waals surface area contributed by atoms with Crippen molar-refractivity contribution in [2.45, 2.75) is 12.8 Å². The average Bonchev–Trinajstić information content (AvgIpc) is 2.96. The molecule has 1 aliphatic rings. The van der Waals surface area contributed by atoms with E-state index in [0.29, 0.717) is 18.2 Å². The van der Waals surface area contributed by atoms with Crippen LogP contribution in [0, 0.1) is 11.7 Å². The zero-order valence-corrected chi connectivity index (χ0v) is 14.0. The third kappa shape index (κ3) is 5.97. The van der Waals surface area contributed by atoms with Gasteiger partial charge in [0.2, 0.25) is 0 Å². The Kier molecular flexibility index (Phi) is 7.08. The summed E-state index contributed by atoms with van der Waals surface area (Å²) in [5.41, 5.74) is 0.401. The van der Waals surface area contributed by atoms with Crippen molar-refractivity contribution in [3.05, 3.63) is 29.0 Å². The molecule has 1 unspecified atom stereocenters. The number of amides is 2. The number of ether oxygens (including phenoxy) is 1. The van der Waals surface area contributed by atoms with E-state index in [1.54, 1.807) is 7.11 Å². The van der Waals surface area contributed by atoms with E-state index in [9.17, 15) is 9.18 Å². The van der Waals surface area contributed by atoms with Crippen molar-refractivity contribution in [3.63, 3.8) is 0 Å². The van der Waals surface area contributed by atoms with Crippen LogP contribution in [0.3, 0.4) is 0 Å². The number of carbonyl (C=O) groups excluding carboxylic acids is 1. The molecule has 2 rings (SSSR count). The molecule has 23 heavy (non-hydrogen) atoms. The molecule has 5 nitrogen and oxygen atoms in total. The van der Waals surface area contributed by atoms with Crippen LogP contribution in [0.4, 0.5) is 14.9 Å². The van der Waals surface area contributed by atoms with Gasteiger partial charge < -0.3 is 20.3 Å². The SMILES string of the molecule is COCCCN1CCC(CNC(=O)Nc2ccc(F)cc2Cl)C1. The van der Waals surface area contributed by atoms with Gasteiger partial charge in [0.05, 0.1) is 10.7 Å². The number of methoxy groups -OCH3 is 1. The minimum absolute atomic E-state index is 0.185. The van der Waals surface area contributed by atoms with Crippen LogP contribution < -0.4 is 10.6 Å². The van der Waals surface area contributed by atoms with Gasteiger partial charge in [-0.25, -0.2) is 9.18 Å². The molecule has 2 amide bonds. The summed E-state index contributed by atoms with van der Waals surface area (Å²) in [7, 11) is 1.71. The fourth-order valence-electron chi connectivity index (χ4n) is 2.71. The second kappa shape index (κ2) is 9.05. The van der Waals surface area contributed by atoms with E-state index in [1.807, 2.05) is 0 Å². The molecule has 7 heteroatoms. The van der Waals surface area contributed by atoms with Crippen molar-refractivity contribution in [2.75, 3.05) is 45.2 Å². The predicted molar refractivity (Wildman–Crippen MR) is 89.5 cm³/mol. The Morgan fingerprint density at radius 1 is 1.52 bits per heavy atom. The molecule has 128 valence electrons. The van der Waals surface area contributed by atoms with Crippen LogP contribution in [-0.4, -0.2) is 50.8 Å². The first-order valence-electron chi connectivity index (χ1n) is 7.79. The summed E-state index contributed by atoms with van der Waals surface area (Å²) in [4.78, 5) is 14.3. The molecule has 1 aromatic carbocycles. The van der Waals surface area contributed by atoms with Gasteiger partial charge in [0, 0.05) is 33.4 Å². The Hall–Kier alpha value is -1.37. The van der Waals surface area contributed by atoms with Gasteiger partial charge in [-0.1, -0.05) is 11.6 Å². The smallest absolute Gasteiger partial charge is 0.319 e. The Labute approximate surface area is 141 Å². The molecule has 1 aromatic rings. The average molecular weight is 344 g/mol. The highest BCUT2D eigenvalue weighted by atomic mass is 35.5. The summed E-state index contributed by atoms with van der Waals surface area (Å²) in [6.07, 6.45) is 2.10. The van der Waals surface area contributed by atoms with E-state index in [1.165, 1.54) is 18.2 Å². The second-order valence-electron chi connectivity index (χ2n) is 5.76. The maximum Gasteiger partial charge on any atom is 0.319 e. The maximum atomic E-state index is 13.0. The molecule has 1 aliphatic heterocycles. The molecule has 1 atom stereocenters. The van der Waals surface area contributed by atoms with Crippen LogP contribution in [-0.2, 0) is 4.74 Å². The van der Waals surface area contributed by atoms with Gasteiger partial charge in [0.1, 0.15) is 5.82 Å². The van der Waals surface area contributed by atoms with Crippen molar-refractivity contribution in [3.8, 4) is 0 Å². The number of nitrogens with zero attached hydrogens (tertiary/aromatic N) is 1.